The maximum atomic E-state index is 11.6. The fourth-order valence-electron chi connectivity index (χ4n) is 2.03. The molecular weight excluding hydrogens is 200 g/mol. The third kappa shape index (κ3) is 5.50. The van der Waals surface area contributed by atoms with Gasteiger partial charge < -0.3 is 10.6 Å². The average molecular weight is 226 g/mol. The smallest absolute Gasteiger partial charge is 0.220 e. The summed E-state index contributed by atoms with van der Waals surface area (Å²) in [6.45, 7) is 7.41. The summed E-state index contributed by atoms with van der Waals surface area (Å²) in [5.41, 5.74) is 0. The van der Waals surface area contributed by atoms with E-state index in [-0.39, 0.29) is 5.91 Å². The Morgan fingerprint density at radius 3 is 3.00 bits per heavy atom. The quantitative estimate of drug-likeness (QED) is 0.726. The van der Waals surface area contributed by atoms with E-state index < -0.39 is 0 Å². The summed E-state index contributed by atoms with van der Waals surface area (Å²) in [5.74, 6) is 1.54. The fraction of sp³-hybridized carbons (Fsp3) is 0.923. The van der Waals surface area contributed by atoms with Gasteiger partial charge in [0.15, 0.2) is 0 Å². The zero-order valence-electron chi connectivity index (χ0n) is 10.7. The Bertz CT molecular complexity index is 200. The molecule has 0 bridgehead atoms. The summed E-state index contributed by atoms with van der Waals surface area (Å²) >= 11 is 0. The minimum absolute atomic E-state index is 0.228. The van der Waals surface area contributed by atoms with Gasteiger partial charge in [0.05, 0.1) is 0 Å². The highest BCUT2D eigenvalue weighted by atomic mass is 16.1. The molecule has 1 amide bonds. The molecule has 0 aromatic rings. The first-order valence-corrected chi connectivity index (χ1v) is 6.69. The molecule has 0 aliphatic carbocycles. The molecule has 1 saturated heterocycles. The molecule has 1 aliphatic heterocycles. The molecule has 0 spiro atoms. The second-order valence-electron chi connectivity index (χ2n) is 5.07. The molecule has 1 fully saturated rings. The highest BCUT2D eigenvalue weighted by Gasteiger charge is 2.14. The van der Waals surface area contributed by atoms with Crippen molar-refractivity contribution < 1.29 is 4.79 Å². The van der Waals surface area contributed by atoms with Crippen LogP contribution < -0.4 is 10.6 Å². The van der Waals surface area contributed by atoms with Crippen LogP contribution in [0.15, 0.2) is 0 Å². The van der Waals surface area contributed by atoms with Crippen molar-refractivity contribution in [2.45, 2.75) is 46.0 Å². The van der Waals surface area contributed by atoms with Crippen LogP contribution in [0.3, 0.4) is 0 Å². The van der Waals surface area contributed by atoms with E-state index in [2.05, 4.69) is 24.5 Å². The van der Waals surface area contributed by atoms with Crippen LogP contribution in [0.1, 0.15) is 46.0 Å². The zero-order chi connectivity index (χ0) is 11.8. The molecule has 2 atom stereocenters. The fourth-order valence-corrected chi connectivity index (χ4v) is 2.03. The third-order valence-corrected chi connectivity index (χ3v) is 3.52. The van der Waals surface area contributed by atoms with Crippen LogP contribution in [0, 0.1) is 11.8 Å². The van der Waals surface area contributed by atoms with Gasteiger partial charge in [0.1, 0.15) is 0 Å². The van der Waals surface area contributed by atoms with Gasteiger partial charge in [-0.15, -0.1) is 0 Å². The van der Waals surface area contributed by atoms with Crippen LogP contribution in [0.2, 0.25) is 0 Å². The van der Waals surface area contributed by atoms with Gasteiger partial charge in [-0.05, 0) is 44.2 Å². The van der Waals surface area contributed by atoms with Gasteiger partial charge in [0, 0.05) is 13.0 Å². The van der Waals surface area contributed by atoms with Crippen LogP contribution in [-0.2, 0) is 4.79 Å². The van der Waals surface area contributed by atoms with Crippen molar-refractivity contribution in [2.24, 2.45) is 11.8 Å². The van der Waals surface area contributed by atoms with E-state index in [1.165, 1.54) is 12.8 Å². The van der Waals surface area contributed by atoms with Crippen LogP contribution in [0.4, 0.5) is 0 Å². The molecule has 3 nitrogen and oxygen atoms in total. The van der Waals surface area contributed by atoms with Crippen LogP contribution in [0.25, 0.3) is 0 Å². The topological polar surface area (TPSA) is 41.1 Å². The monoisotopic (exact) mass is 226 g/mol. The van der Waals surface area contributed by atoms with E-state index in [1.54, 1.807) is 0 Å². The summed E-state index contributed by atoms with van der Waals surface area (Å²) in [4.78, 5) is 11.6. The van der Waals surface area contributed by atoms with E-state index in [0.717, 1.165) is 32.5 Å². The molecule has 0 aromatic heterocycles. The van der Waals surface area contributed by atoms with E-state index >= 15 is 0 Å². The van der Waals surface area contributed by atoms with Gasteiger partial charge in [0.2, 0.25) is 5.91 Å². The second kappa shape index (κ2) is 7.66. The minimum Gasteiger partial charge on any atom is -0.356 e. The molecule has 0 aromatic carbocycles. The van der Waals surface area contributed by atoms with Crippen molar-refractivity contribution in [1.82, 2.24) is 10.6 Å². The lowest BCUT2D eigenvalue weighted by molar-refractivity contribution is -0.121. The van der Waals surface area contributed by atoms with E-state index in [1.807, 2.05) is 0 Å². The van der Waals surface area contributed by atoms with Gasteiger partial charge >= 0.3 is 0 Å². The Morgan fingerprint density at radius 1 is 1.56 bits per heavy atom. The number of carbonyl (C=O) groups is 1. The minimum atomic E-state index is 0.228. The Kier molecular flexibility index (Phi) is 6.46. The third-order valence-electron chi connectivity index (χ3n) is 3.52. The molecule has 94 valence electrons. The predicted molar refractivity (Wildman–Crippen MR) is 67.3 cm³/mol. The highest BCUT2D eigenvalue weighted by molar-refractivity contribution is 5.75. The van der Waals surface area contributed by atoms with Gasteiger partial charge in [-0.25, -0.2) is 0 Å². The van der Waals surface area contributed by atoms with E-state index in [4.69, 9.17) is 0 Å². The molecule has 1 rings (SSSR count). The van der Waals surface area contributed by atoms with Crippen LogP contribution in [0.5, 0.6) is 0 Å². The lowest BCUT2D eigenvalue weighted by atomic mass is 9.94. The summed E-state index contributed by atoms with van der Waals surface area (Å²) in [6, 6.07) is 0. The van der Waals surface area contributed by atoms with Crippen molar-refractivity contribution in [3.63, 3.8) is 0 Å². The maximum Gasteiger partial charge on any atom is 0.220 e. The Morgan fingerprint density at radius 2 is 2.38 bits per heavy atom. The lowest BCUT2D eigenvalue weighted by Crippen LogP contribution is -2.32. The van der Waals surface area contributed by atoms with Gasteiger partial charge in [0.25, 0.3) is 0 Å². The number of hydrogen-bond acceptors (Lipinski definition) is 2. The molecule has 1 heterocycles. The Balaban J connectivity index is 2.05. The Hall–Kier alpha value is -0.570. The average Bonchev–Trinajstić information content (AvgIpc) is 2.34. The molecule has 2 N–H and O–H groups in total. The highest BCUT2D eigenvalue weighted by Crippen LogP contribution is 2.15. The lowest BCUT2D eigenvalue weighted by Gasteiger charge is -2.22. The molecule has 3 heteroatoms. The van der Waals surface area contributed by atoms with E-state index in [9.17, 15) is 4.79 Å². The zero-order valence-corrected chi connectivity index (χ0v) is 10.7. The number of nitrogens with one attached hydrogen (secondary N) is 2. The predicted octanol–water partition coefficient (Wildman–Crippen LogP) is 1.93. The van der Waals surface area contributed by atoms with Crippen LogP contribution in [-0.4, -0.2) is 25.5 Å². The normalized spacial score (nSPS) is 22.8. The maximum absolute atomic E-state index is 11.6. The molecule has 16 heavy (non-hydrogen) atoms. The number of piperidine rings is 1. The summed E-state index contributed by atoms with van der Waals surface area (Å²) in [6.07, 6.45) is 5.42. The first-order chi connectivity index (χ1) is 7.72. The summed E-state index contributed by atoms with van der Waals surface area (Å²) in [5, 5.41) is 6.40. The molecule has 0 saturated carbocycles. The van der Waals surface area contributed by atoms with Crippen molar-refractivity contribution in [3.8, 4) is 0 Å². The van der Waals surface area contributed by atoms with Crippen LogP contribution >= 0.6 is 0 Å². The standard InChI is InChI=1S/C13H26N2O/c1-3-11(2)9-15-13(16)7-6-12-5-4-8-14-10-12/h11-12,14H,3-10H2,1-2H3,(H,15,16). The number of carbonyl (C=O) groups excluding carboxylic acids is 1. The summed E-state index contributed by atoms with van der Waals surface area (Å²) < 4.78 is 0. The van der Waals surface area contributed by atoms with Crippen molar-refractivity contribution in [1.29, 1.82) is 0 Å². The SMILES string of the molecule is CCC(C)CNC(=O)CCC1CCCNC1. The van der Waals surface area contributed by atoms with Crippen molar-refractivity contribution in [3.05, 3.63) is 0 Å². The van der Waals surface area contributed by atoms with Crippen molar-refractivity contribution in [2.75, 3.05) is 19.6 Å². The Labute approximate surface area is 99.4 Å². The number of amides is 1. The van der Waals surface area contributed by atoms with Gasteiger partial charge in [-0.3, -0.25) is 4.79 Å². The van der Waals surface area contributed by atoms with Crippen molar-refractivity contribution >= 4 is 5.91 Å². The van der Waals surface area contributed by atoms with Gasteiger partial charge in [-0.1, -0.05) is 20.3 Å². The molecule has 1 aliphatic rings. The van der Waals surface area contributed by atoms with Gasteiger partial charge in [-0.2, -0.15) is 0 Å². The second-order valence-corrected chi connectivity index (χ2v) is 5.07. The molecule has 0 radical (unpaired) electrons. The van der Waals surface area contributed by atoms with E-state index in [0.29, 0.717) is 18.3 Å². The molecular formula is C13H26N2O. The first kappa shape index (κ1) is 13.5. The molecule has 2 unspecified atom stereocenters. The largest absolute Gasteiger partial charge is 0.356 e. The number of rotatable bonds is 6. The number of hydrogen-bond donors (Lipinski definition) is 2. The first-order valence-electron chi connectivity index (χ1n) is 6.69. The summed E-state index contributed by atoms with van der Waals surface area (Å²) in [7, 11) is 0.